The highest BCUT2D eigenvalue weighted by Crippen LogP contribution is 2.29. The zero-order valence-corrected chi connectivity index (χ0v) is 20.2. The number of amides is 2. The van der Waals surface area contributed by atoms with E-state index in [4.69, 9.17) is 0 Å². The van der Waals surface area contributed by atoms with Crippen LogP contribution >= 0.6 is 23.1 Å². The molecule has 11 heteroatoms. The third-order valence-corrected chi connectivity index (χ3v) is 7.32. The fraction of sp³-hybridized carbons (Fsp3) is 0.0400. The Kier molecular flexibility index (Phi) is 6.56. The summed E-state index contributed by atoms with van der Waals surface area (Å²) >= 11 is 2.79. The van der Waals surface area contributed by atoms with Gasteiger partial charge in [0.2, 0.25) is 5.91 Å². The Hall–Kier alpha value is -4.35. The first-order valence-electron chi connectivity index (χ1n) is 10.7. The number of hydrogen-bond donors (Lipinski definition) is 1. The van der Waals surface area contributed by atoms with E-state index in [1.165, 1.54) is 53.4 Å². The number of nitro groups is 1. The lowest BCUT2D eigenvalue weighted by Crippen LogP contribution is -2.48. The average Bonchev–Trinajstić information content (AvgIpc) is 3.45. The second-order valence-electron chi connectivity index (χ2n) is 7.59. The zero-order chi connectivity index (χ0) is 25.1. The van der Waals surface area contributed by atoms with Crippen molar-refractivity contribution < 1.29 is 14.5 Å². The summed E-state index contributed by atoms with van der Waals surface area (Å²) < 4.78 is 1.80. The van der Waals surface area contributed by atoms with E-state index in [2.05, 4.69) is 15.4 Å². The fourth-order valence-electron chi connectivity index (χ4n) is 3.45. The molecule has 9 nitrogen and oxygen atoms in total. The van der Waals surface area contributed by atoms with Gasteiger partial charge in [-0.05, 0) is 35.9 Å². The number of para-hydroxylation sites is 1. The van der Waals surface area contributed by atoms with Gasteiger partial charge in [0.05, 0.1) is 20.9 Å². The monoisotopic (exact) mass is 515 g/mol. The van der Waals surface area contributed by atoms with Crippen LogP contribution in [0.4, 0.5) is 5.69 Å². The molecule has 0 saturated heterocycles. The van der Waals surface area contributed by atoms with E-state index < -0.39 is 10.8 Å². The molecule has 0 saturated carbocycles. The number of nitrogens with zero attached hydrogens (tertiary/aromatic N) is 4. The van der Waals surface area contributed by atoms with Gasteiger partial charge in [-0.1, -0.05) is 54.2 Å². The first-order valence-corrected chi connectivity index (χ1v) is 12.5. The first-order chi connectivity index (χ1) is 17.5. The van der Waals surface area contributed by atoms with Crippen molar-refractivity contribution in [2.75, 3.05) is 5.75 Å². The van der Waals surface area contributed by atoms with Crippen LogP contribution in [0.1, 0.15) is 11.1 Å². The van der Waals surface area contributed by atoms with E-state index in [0.29, 0.717) is 11.1 Å². The van der Waals surface area contributed by atoms with E-state index in [1.54, 1.807) is 12.1 Å². The number of carbonyl (C=O) groups is 2. The lowest BCUT2D eigenvalue weighted by molar-refractivity contribution is -0.384. The molecule has 1 aliphatic rings. The molecule has 1 aromatic heterocycles. The van der Waals surface area contributed by atoms with Crippen LogP contribution in [0.25, 0.3) is 16.3 Å². The number of aromatic nitrogens is 1. The van der Waals surface area contributed by atoms with Gasteiger partial charge in [-0.15, -0.1) is 11.3 Å². The number of thioether (sulfide) groups is 1. The van der Waals surface area contributed by atoms with Crippen molar-refractivity contribution >= 4 is 62.7 Å². The van der Waals surface area contributed by atoms with Crippen molar-refractivity contribution in [3.63, 3.8) is 0 Å². The molecule has 0 radical (unpaired) electrons. The predicted molar refractivity (Wildman–Crippen MR) is 139 cm³/mol. The third-order valence-electron chi connectivity index (χ3n) is 5.14. The molecule has 178 valence electrons. The maximum atomic E-state index is 13.2. The van der Waals surface area contributed by atoms with Crippen LogP contribution in [0.15, 0.2) is 93.9 Å². The number of amidine groups is 1. The van der Waals surface area contributed by atoms with Crippen LogP contribution in [0.2, 0.25) is 0 Å². The lowest BCUT2D eigenvalue weighted by atomic mass is 10.2. The van der Waals surface area contributed by atoms with E-state index in [9.17, 15) is 19.7 Å². The van der Waals surface area contributed by atoms with Gasteiger partial charge in [0.15, 0.2) is 10.2 Å². The Morgan fingerprint density at radius 1 is 1.06 bits per heavy atom. The SMILES string of the molecule is O=C(CSc1nc2ccccc2s1)NN1C(=O)/C(=C/c2ccc([N+](=O)[O-])cc2)N=C1c1ccccc1. The number of fused-ring (bicyclic) bond motifs is 1. The molecule has 0 unspecified atom stereocenters. The van der Waals surface area contributed by atoms with Crippen LogP contribution < -0.4 is 5.43 Å². The lowest BCUT2D eigenvalue weighted by Gasteiger charge is -2.19. The highest BCUT2D eigenvalue weighted by molar-refractivity contribution is 8.01. The minimum Gasteiger partial charge on any atom is -0.272 e. The number of aliphatic imine (C=N–C) groups is 1. The van der Waals surface area contributed by atoms with Gasteiger partial charge in [-0.25, -0.2) is 9.98 Å². The summed E-state index contributed by atoms with van der Waals surface area (Å²) in [6.45, 7) is 0. The summed E-state index contributed by atoms with van der Waals surface area (Å²) in [5.41, 5.74) is 4.80. The van der Waals surface area contributed by atoms with Gasteiger partial charge < -0.3 is 0 Å². The number of carbonyl (C=O) groups excluding carboxylic acids is 2. The average molecular weight is 516 g/mol. The molecule has 0 aliphatic carbocycles. The molecule has 3 aromatic carbocycles. The molecule has 2 amide bonds. The Bertz CT molecular complexity index is 1500. The smallest absolute Gasteiger partial charge is 0.272 e. The van der Waals surface area contributed by atoms with Gasteiger partial charge in [0, 0.05) is 17.7 Å². The normalized spacial score (nSPS) is 14.3. The topological polar surface area (TPSA) is 118 Å². The number of non-ortho nitro benzene ring substituents is 1. The second-order valence-corrected chi connectivity index (χ2v) is 9.84. The molecule has 1 aliphatic heterocycles. The fourth-order valence-corrected chi connectivity index (χ4v) is 5.31. The summed E-state index contributed by atoms with van der Waals surface area (Å²) in [6.07, 6.45) is 1.52. The summed E-state index contributed by atoms with van der Waals surface area (Å²) in [4.78, 5) is 45.4. The number of hydrogen-bond acceptors (Lipinski definition) is 8. The van der Waals surface area contributed by atoms with Crippen molar-refractivity contribution in [2.24, 2.45) is 4.99 Å². The van der Waals surface area contributed by atoms with Crippen LogP contribution in [0, 0.1) is 10.1 Å². The summed E-state index contributed by atoms with van der Waals surface area (Å²) in [5, 5.41) is 12.0. The van der Waals surface area contributed by atoms with E-state index >= 15 is 0 Å². The first kappa shape index (κ1) is 23.4. The van der Waals surface area contributed by atoms with Gasteiger partial charge in [-0.3, -0.25) is 25.1 Å². The predicted octanol–water partition coefficient (Wildman–Crippen LogP) is 4.66. The van der Waals surface area contributed by atoms with Crippen LogP contribution in [-0.2, 0) is 9.59 Å². The maximum absolute atomic E-state index is 13.2. The largest absolute Gasteiger partial charge is 0.297 e. The maximum Gasteiger partial charge on any atom is 0.297 e. The van der Waals surface area contributed by atoms with E-state index in [-0.39, 0.29) is 28.9 Å². The van der Waals surface area contributed by atoms with Gasteiger partial charge in [0.1, 0.15) is 5.70 Å². The van der Waals surface area contributed by atoms with E-state index in [1.807, 2.05) is 42.5 Å². The van der Waals surface area contributed by atoms with Crippen molar-refractivity contribution in [3.05, 3.63) is 106 Å². The third kappa shape index (κ3) is 5.02. The number of nitro benzene ring substituents is 1. The molecule has 2 heterocycles. The Morgan fingerprint density at radius 2 is 1.78 bits per heavy atom. The second kappa shape index (κ2) is 10.1. The zero-order valence-electron chi connectivity index (χ0n) is 18.5. The molecule has 0 fully saturated rings. The number of rotatable bonds is 7. The van der Waals surface area contributed by atoms with E-state index in [0.717, 1.165) is 19.6 Å². The molecule has 36 heavy (non-hydrogen) atoms. The summed E-state index contributed by atoms with van der Waals surface area (Å²) in [7, 11) is 0. The summed E-state index contributed by atoms with van der Waals surface area (Å²) in [6, 6.07) is 22.5. The molecule has 1 N–H and O–H groups in total. The van der Waals surface area contributed by atoms with Crippen molar-refractivity contribution in [2.45, 2.75) is 4.34 Å². The van der Waals surface area contributed by atoms with Crippen molar-refractivity contribution in [3.8, 4) is 0 Å². The number of nitrogens with one attached hydrogen (secondary N) is 1. The minimum absolute atomic E-state index is 0.0529. The molecule has 4 aromatic rings. The van der Waals surface area contributed by atoms with Crippen molar-refractivity contribution in [1.82, 2.24) is 15.4 Å². The number of thiazole rings is 1. The number of hydrazine groups is 1. The highest BCUT2D eigenvalue weighted by atomic mass is 32.2. The van der Waals surface area contributed by atoms with Gasteiger partial charge in [-0.2, -0.15) is 5.01 Å². The molecule has 0 atom stereocenters. The van der Waals surface area contributed by atoms with Gasteiger partial charge >= 0.3 is 0 Å². The van der Waals surface area contributed by atoms with Crippen molar-refractivity contribution in [1.29, 1.82) is 0 Å². The van der Waals surface area contributed by atoms with Gasteiger partial charge in [0.25, 0.3) is 11.6 Å². The highest BCUT2D eigenvalue weighted by Gasteiger charge is 2.32. The molecular formula is C25H17N5O4S2. The van der Waals surface area contributed by atoms with Crippen LogP contribution in [0.5, 0.6) is 0 Å². The molecule has 0 spiro atoms. The molecule has 0 bridgehead atoms. The van der Waals surface area contributed by atoms with Crippen LogP contribution in [0.3, 0.4) is 0 Å². The minimum atomic E-state index is -0.509. The van der Waals surface area contributed by atoms with Crippen LogP contribution in [-0.4, -0.2) is 38.3 Å². The summed E-state index contributed by atoms with van der Waals surface area (Å²) in [5.74, 6) is -0.543. The Balaban J connectivity index is 1.35. The molecular weight excluding hydrogens is 498 g/mol. The number of benzene rings is 3. The Labute approximate surface area is 213 Å². The standard InChI is InChI=1S/C25H17N5O4S2/c31-22(15-35-25-27-19-8-4-5-9-21(19)36-25)28-29-23(17-6-2-1-3-7-17)26-20(24(29)32)14-16-10-12-18(13-11-16)30(33)34/h1-14H,15H2,(H,28,31)/b20-14-. The molecule has 5 rings (SSSR count). The Morgan fingerprint density at radius 3 is 2.50 bits per heavy atom. The quantitative estimate of drug-likeness (QED) is 0.166.